The highest BCUT2D eigenvalue weighted by atomic mass is 79.9. The van der Waals surface area contributed by atoms with Gasteiger partial charge in [0, 0.05) is 29.1 Å². The molecular formula is C18H16BrN5O. The van der Waals surface area contributed by atoms with Gasteiger partial charge in [-0.1, -0.05) is 22.0 Å². The van der Waals surface area contributed by atoms with E-state index in [4.69, 9.17) is 0 Å². The van der Waals surface area contributed by atoms with Crippen LogP contribution in [0.3, 0.4) is 0 Å². The van der Waals surface area contributed by atoms with E-state index in [1.165, 1.54) is 0 Å². The zero-order valence-corrected chi connectivity index (χ0v) is 15.1. The number of rotatable bonds is 5. The van der Waals surface area contributed by atoms with Crippen molar-refractivity contribution in [2.75, 3.05) is 5.32 Å². The lowest BCUT2D eigenvalue weighted by atomic mass is 10.2. The standard InChI is InChI=1S/C18H16BrN5O/c1-12-9-14(4-5-15(12)19)22-17-7-6-16(23-24-17)18(25)21-11-13-3-2-8-20-10-13/h2-10H,11H2,1H3,(H,21,25)(H,22,24). The summed E-state index contributed by atoms with van der Waals surface area (Å²) in [6.07, 6.45) is 3.40. The lowest BCUT2D eigenvalue weighted by Crippen LogP contribution is -2.24. The van der Waals surface area contributed by atoms with Crippen LogP contribution in [-0.2, 0) is 6.54 Å². The van der Waals surface area contributed by atoms with E-state index in [9.17, 15) is 4.79 Å². The Morgan fingerprint density at radius 3 is 2.72 bits per heavy atom. The molecule has 1 aromatic carbocycles. The van der Waals surface area contributed by atoms with Crippen LogP contribution < -0.4 is 10.6 Å². The number of anilines is 2. The number of hydrogen-bond acceptors (Lipinski definition) is 5. The number of nitrogens with zero attached hydrogens (tertiary/aromatic N) is 3. The quantitative estimate of drug-likeness (QED) is 0.687. The molecule has 2 heterocycles. The second-order valence-corrected chi connectivity index (χ2v) is 6.29. The molecule has 0 saturated heterocycles. The van der Waals surface area contributed by atoms with Crippen LogP contribution in [0.5, 0.6) is 0 Å². The van der Waals surface area contributed by atoms with Gasteiger partial charge in [0.2, 0.25) is 0 Å². The number of aryl methyl sites for hydroxylation is 1. The van der Waals surface area contributed by atoms with Crippen LogP contribution in [0.4, 0.5) is 11.5 Å². The van der Waals surface area contributed by atoms with Gasteiger partial charge in [0.05, 0.1) is 0 Å². The van der Waals surface area contributed by atoms with Gasteiger partial charge in [-0.15, -0.1) is 10.2 Å². The average molecular weight is 398 g/mol. The predicted octanol–water partition coefficient (Wildman–Crippen LogP) is 3.62. The van der Waals surface area contributed by atoms with Gasteiger partial charge >= 0.3 is 0 Å². The van der Waals surface area contributed by atoms with E-state index in [0.29, 0.717) is 12.4 Å². The third-order valence-electron chi connectivity index (χ3n) is 3.50. The largest absolute Gasteiger partial charge is 0.347 e. The average Bonchev–Trinajstić information content (AvgIpc) is 2.64. The molecule has 0 fully saturated rings. The Morgan fingerprint density at radius 1 is 1.16 bits per heavy atom. The van der Waals surface area contributed by atoms with Crippen molar-refractivity contribution in [1.29, 1.82) is 0 Å². The van der Waals surface area contributed by atoms with Gasteiger partial charge in [0.25, 0.3) is 5.91 Å². The maximum Gasteiger partial charge on any atom is 0.272 e. The molecule has 0 aliphatic rings. The Kier molecular flexibility index (Phi) is 5.35. The van der Waals surface area contributed by atoms with Crippen LogP contribution in [0.25, 0.3) is 0 Å². The molecule has 1 amide bonds. The molecule has 2 N–H and O–H groups in total. The Hall–Kier alpha value is -2.80. The van der Waals surface area contributed by atoms with Gasteiger partial charge in [0.1, 0.15) is 0 Å². The maximum absolute atomic E-state index is 12.1. The number of carbonyl (C=O) groups is 1. The molecule has 0 spiro atoms. The number of amides is 1. The molecule has 7 heteroatoms. The highest BCUT2D eigenvalue weighted by Crippen LogP contribution is 2.22. The van der Waals surface area contributed by atoms with Gasteiger partial charge in [0.15, 0.2) is 11.5 Å². The Labute approximate surface area is 153 Å². The number of benzene rings is 1. The summed E-state index contributed by atoms with van der Waals surface area (Å²) >= 11 is 3.47. The van der Waals surface area contributed by atoms with Crippen molar-refractivity contribution >= 4 is 33.3 Å². The number of carbonyl (C=O) groups excluding carboxylic acids is 1. The van der Waals surface area contributed by atoms with Crippen molar-refractivity contribution in [2.24, 2.45) is 0 Å². The first kappa shape index (κ1) is 17.0. The first-order valence-electron chi connectivity index (χ1n) is 7.66. The molecule has 0 bridgehead atoms. The van der Waals surface area contributed by atoms with Gasteiger partial charge < -0.3 is 10.6 Å². The van der Waals surface area contributed by atoms with E-state index >= 15 is 0 Å². The van der Waals surface area contributed by atoms with Crippen LogP contribution >= 0.6 is 15.9 Å². The first-order chi connectivity index (χ1) is 12.1. The van der Waals surface area contributed by atoms with Crippen molar-refractivity contribution in [3.63, 3.8) is 0 Å². The van der Waals surface area contributed by atoms with Gasteiger partial charge in [-0.25, -0.2) is 0 Å². The van der Waals surface area contributed by atoms with E-state index in [2.05, 4.69) is 41.7 Å². The van der Waals surface area contributed by atoms with Crippen LogP contribution in [0.15, 0.2) is 59.3 Å². The highest BCUT2D eigenvalue weighted by molar-refractivity contribution is 9.10. The minimum Gasteiger partial charge on any atom is -0.347 e. The molecule has 0 saturated carbocycles. The van der Waals surface area contributed by atoms with Crippen LogP contribution in [0.2, 0.25) is 0 Å². The molecule has 3 rings (SSSR count). The van der Waals surface area contributed by atoms with E-state index in [-0.39, 0.29) is 11.6 Å². The predicted molar refractivity (Wildman–Crippen MR) is 99.6 cm³/mol. The summed E-state index contributed by atoms with van der Waals surface area (Å²) in [5, 5.41) is 14.0. The van der Waals surface area contributed by atoms with Crippen LogP contribution in [0.1, 0.15) is 21.6 Å². The molecule has 0 radical (unpaired) electrons. The zero-order chi connectivity index (χ0) is 17.6. The highest BCUT2D eigenvalue weighted by Gasteiger charge is 2.08. The molecule has 0 aliphatic carbocycles. The summed E-state index contributed by atoms with van der Waals surface area (Å²) in [6.45, 7) is 2.41. The fraction of sp³-hybridized carbons (Fsp3) is 0.111. The van der Waals surface area contributed by atoms with E-state index in [0.717, 1.165) is 21.3 Å². The van der Waals surface area contributed by atoms with Crippen molar-refractivity contribution in [3.8, 4) is 0 Å². The van der Waals surface area contributed by atoms with Crippen LogP contribution in [-0.4, -0.2) is 21.1 Å². The lowest BCUT2D eigenvalue weighted by Gasteiger charge is -2.08. The van der Waals surface area contributed by atoms with Crippen LogP contribution in [0, 0.1) is 6.92 Å². The molecule has 126 valence electrons. The number of hydrogen-bond donors (Lipinski definition) is 2. The third-order valence-corrected chi connectivity index (χ3v) is 4.39. The summed E-state index contributed by atoms with van der Waals surface area (Å²) in [5.41, 5.74) is 3.21. The molecular weight excluding hydrogens is 382 g/mol. The van der Waals surface area contributed by atoms with Crippen molar-refractivity contribution in [2.45, 2.75) is 13.5 Å². The number of aromatic nitrogens is 3. The smallest absolute Gasteiger partial charge is 0.272 e. The van der Waals surface area contributed by atoms with Crippen molar-refractivity contribution < 1.29 is 4.79 Å². The minimum atomic E-state index is -0.276. The molecule has 0 atom stereocenters. The molecule has 2 aromatic heterocycles. The molecule has 3 aromatic rings. The van der Waals surface area contributed by atoms with E-state index in [1.807, 2.05) is 37.3 Å². The molecule has 0 aliphatic heterocycles. The minimum absolute atomic E-state index is 0.265. The number of pyridine rings is 1. The summed E-state index contributed by atoms with van der Waals surface area (Å²) in [5.74, 6) is 0.299. The van der Waals surface area contributed by atoms with E-state index in [1.54, 1.807) is 24.5 Å². The fourth-order valence-electron chi connectivity index (χ4n) is 2.17. The summed E-state index contributed by atoms with van der Waals surface area (Å²) in [4.78, 5) is 16.1. The first-order valence-corrected chi connectivity index (χ1v) is 8.45. The van der Waals surface area contributed by atoms with E-state index < -0.39 is 0 Å². The normalized spacial score (nSPS) is 10.3. The molecule has 0 unspecified atom stereocenters. The maximum atomic E-state index is 12.1. The second kappa shape index (κ2) is 7.85. The Morgan fingerprint density at radius 2 is 2.04 bits per heavy atom. The number of nitrogens with one attached hydrogen (secondary N) is 2. The monoisotopic (exact) mass is 397 g/mol. The molecule has 25 heavy (non-hydrogen) atoms. The summed E-state index contributed by atoms with van der Waals surface area (Å²) in [7, 11) is 0. The summed E-state index contributed by atoms with van der Waals surface area (Å²) < 4.78 is 1.05. The zero-order valence-electron chi connectivity index (χ0n) is 13.5. The third kappa shape index (κ3) is 4.60. The fourth-order valence-corrected chi connectivity index (χ4v) is 2.41. The SMILES string of the molecule is Cc1cc(Nc2ccc(C(=O)NCc3cccnc3)nn2)ccc1Br. The lowest BCUT2D eigenvalue weighted by molar-refractivity contribution is 0.0945. The Balaban J connectivity index is 1.61. The van der Waals surface area contributed by atoms with Crippen molar-refractivity contribution in [3.05, 3.63) is 76.2 Å². The van der Waals surface area contributed by atoms with Gasteiger partial charge in [-0.3, -0.25) is 9.78 Å². The second-order valence-electron chi connectivity index (χ2n) is 5.44. The van der Waals surface area contributed by atoms with Gasteiger partial charge in [-0.05, 0) is 54.4 Å². The number of halogens is 1. The Bertz CT molecular complexity index is 868. The van der Waals surface area contributed by atoms with Gasteiger partial charge in [-0.2, -0.15) is 0 Å². The summed E-state index contributed by atoms with van der Waals surface area (Å²) in [6, 6.07) is 13.0. The topological polar surface area (TPSA) is 79.8 Å². The molecule has 6 nitrogen and oxygen atoms in total. The van der Waals surface area contributed by atoms with Crippen molar-refractivity contribution in [1.82, 2.24) is 20.5 Å².